The van der Waals surface area contributed by atoms with E-state index in [1.54, 1.807) is 0 Å². The first-order valence-electron chi connectivity index (χ1n) is 18.1. The lowest BCUT2D eigenvalue weighted by atomic mass is 9.63. The molecule has 0 atom stereocenters. The normalized spacial score (nSPS) is 16.2. The molecule has 48 heavy (non-hydrogen) atoms. The second-order valence-corrected chi connectivity index (χ2v) is 15.0. The van der Waals surface area contributed by atoms with Crippen molar-refractivity contribution in [1.29, 1.82) is 0 Å². The molecule has 1 aliphatic carbocycles. The van der Waals surface area contributed by atoms with Crippen molar-refractivity contribution < 1.29 is 13.4 Å². The summed E-state index contributed by atoms with van der Waals surface area (Å²) in [6.07, 6.45) is 5.16. The van der Waals surface area contributed by atoms with Gasteiger partial charge in [0.25, 0.3) is 0 Å². The van der Waals surface area contributed by atoms with Gasteiger partial charge in [0.15, 0.2) is 0 Å². The molecule has 0 unspecified atom stereocenters. The number of hydrogen-bond acceptors (Lipinski definition) is 2. The van der Waals surface area contributed by atoms with E-state index in [1.165, 1.54) is 15.7 Å². The lowest BCUT2D eigenvalue weighted by Crippen LogP contribution is -2.45. The van der Waals surface area contributed by atoms with E-state index < -0.39 is 17.8 Å². The Morgan fingerprint density at radius 3 is 2.23 bits per heavy atom. The first-order valence-corrected chi connectivity index (χ1v) is 16.6. The molecule has 0 bridgehead atoms. The summed E-state index contributed by atoms with van der Waals surface area (Å²) in [4.78, 5) is 4.82. The number of aryl methyl sites for hydroxylation is 1. The lowest BCUT2D eigenvalue weighted by molar-refractivity contribution is -0.685. The average Bonchev–Trinajstić information content (AvgIpc) is 3.66. The maximum atomic E-state index is 8.52. The first kappa shape index (κ1) is 26.9. The molecule has 0 aliphatic heterocycles. The van der Waals surface area contributed by atoms with Crippen LogP contribution in [0.5, 0.6) is 11.5 Å². The van der Waals surface area contributed by atoms with Gasteiger partial charge in [-0.3, -0.25) is 4.57 Å². The highest BCUT2D eigenvalue weighted by molar-refractivity contribution is 6.09. The summed E-state index contributed by atoms with van der Waals surface area (Å²) in [7, 11) is 0. The number of hydrogen-bond donors (Lipinski definition) is 0. The van der Waals surface area contributed by atoms with E-state index in [2.05, 4.69) is 126 Å². The molecule has 1 aliphatic rings. The minimum atomic E-state index is -2.42. The van der Waals surface area contributed by atoms with Gasteiger partial charge in [-0.2, -0.15) is 0 Å². The highest BCUT2D eigenvalue weighted by Crippen LogP contribution is 2.49. The van der Waals surface area contributed by atoms with Gasteiger partial charge in [-0.05, 0) is 64.6 Å². The highest BCUT2D eigenvalue weighted by Gasteiger charge is 2.44. The Hall–Kier alpha value is -5.16. The van der Waals surface area contributed by atoms with Crippen LogP contribution in [-0.4, -0.2) is 14.1 Å². The molecule has 0 fully saturated rings. The smallest absolute Gasteiger partial charge is 0.243 e. The molecule has 3 aromatic heterocycles. The van der Waals surface area contributed by atoms with E-state index in [0.717, 1.165) is 50.3 Å². The first-order chi connectivity index (χ1) is 24.1. The number of aromatic nitrogens is 4. The Labute approximate surface area is 287 Å². The molecule has 8 rings (SSSR count). The number of ether oxygens (including phenoxy) is 1. The number of benzene rings is 4. The van der Waals surface area contributed by atoms with Gasteiger partial charge < -0.3 is 13.9 Å². The standard InChI is InChI=1S/C43H42N4O/c1-41(2,3)28-22-23-44-38(24-28)47-36-19-12-9-16-32(36)33-21-20-31(26-37(33)47)48-30-15-13-14-29(25-30)46-27-45(8)39-40(46)43(6,7)35-18-11-10-17-34(35)42(39,4)5/h9-26H,1-8H3/i8D3. The molecule has 5 heteroatoms. The van der Waals surface area contributed by atoms with Gasteiger partial charge in [0, 0.05) is 45.3 Å². The quantitative estimate of drug-likeness (QED) is 0.143. The van der Waals surface area contributed by atoms with Gasteiger partial charge in [-0.15, -0.1) is 0 Å². The fourth-order valence-corrected chi connectivity index (χ4v) is 7.67. The molecule has 0 saturated carbocycles. The van der Waals surface area contributed by atoms with Gasteiger partial charge in [-0.25, -0.2) is 4.98 Å². The predicted molar refractivity (Wildman–Crippen MR) is 194 cm³/mol. The van der Waals surface area contributed by atoms with Crippen LogP contribution >= 0.6 is 0 Å². The summed E-state index contributed by atoms with van der Waals surface area (Å²) < 4.78 is 37.6. The van der Waals surface area contributed by atoms with Crippen LogP contribution in [0, 0.1) is 6.33 Å². The van der Waals surface area contributed by atoms with E-state index in [9.17, 15) is 0 Å². The van der Waals surface area contributed by atoms with Gasteiger partial charge in [-0.1, -0.05) is 103 Å². The minimum Gasteiger partial charge on any atom is -0.458 e. The number of nitrogens with zero attached hydrogens (tertiary/aromatic N) is 4. The van der Waals surface area contributed by atoms with Crippen molar-refractivity contribution >= 4 is 21.8 Å². The number of para-hydroxylation sites is 1. The molecule has 4 aromatic carbocycles. The van der Waals surface area contributed by atoms with E-state index in [4.69, 9.17) is 13.8 Å². The fraction of sp³-hybridized carbons (Fsp3) is 0.256. The summed E-state index contributed by atoms with van der Waals surface area (Å²) in [6.45, 7) is 12.7. The largest absolute Gasteiger partial charge is 0.458 e. The van der Waals surface area contributed by atoms with Crippen molar-refractivity contribution in [3.05, 3.63) is 144 Å². The molecule has 0 amide bonds. The van der Waals surface area contributed by atoms with Crippen LogP contribution in [0.25, 0.3) is 33.3 Å². The maximum absolute atomic E-state index is 8.52. The van der Waals surface area contributed by atoms with Crippen molar-refractivity contribution in [2.45, 2.75) is 64.7 Å². The van der Waals surface area contributed by atoms with Crippen molar-refractivity contribution in [3.8, 4) is 23.0 Å². The van der Waals surface area contributed by atoms with Crippen LogP contribution in [-0.2, 0) is 23.2 Å². The molecule has 240 valence electrons. The van der Waals surface area contributed by atoms with E-state index in [1.807, 2.05) is 47.2 Å². The third-order valence-corrected chi connectivity index (χ3v) is 10.1. The van der Waals surface area contributed by atoms with Gasteiger partial charge >= 0.3 is 0 Å². The predicted octanol–water partition coefficient (Wildman–Crippen LogP) is 9.65. The number of pyridine rings is 1. The molecule has 7 aromatic rings. The van der Waals surface area contributed by atoms with Gasteiger partial charge in [0.05, 0.1) is 27.8 Å². The Morgan fingerprint density at radius 1 is 0.750 bits per heavy atom. The van der Waals surface area contributed by atoms with E-state index in [0.29, 0.717) is 11.5 Å². The fourth-order valence-electron chi connectivity index (χ4n) is 7.67. The summed E-state index contributed by atoms with van der Waals surface area (Å²) in [6, 6.07) is 35.0. The molecule has 0 saturated heterocycles. The lowest BCUT2D eigenvalue weighted by Gasteiger charge is -2.43. The van der Waals surface area contributed by atoms with E-state index >= 15 is 0 Å². The topological polar surface area (TPSA) is 35.9 Å². The third-order valence-electron chi connectivity index (χ3n) is 10.1. The molecule has 5 nitrogen and oxygen atoms in total. The molecular weight excluding hydrogens is 589 g/mol. The minimum absolute atomic E-state index is 0.0246. The number of imidazole rings is 1. The van der Waals surface area contributed by atoms with Crippen molar-refractivity contribution in [1.82, 2.24) is 14.1 Å². The van der Waals surface area contributed by atoms with Crippen LogP contribution in [0.15, 0.2) is 109 Å². The molecule has 0 spiro atoms. The average molecular weight is 634 g/mol. The highest BCUT2D eigenvalue weighted by atomic mass is 16.5. The van der Waals surface area contributed by atoms with Crippen LogP contribution in [0.1, 0.15) is 80.7 Å². The maximum Gasteiger partial charge on any atom is 0.243 e. The van der Waals surface area contributed by atoms with Gasteiger partial charge in [0.2, 0.25) is 6.33 Å². The van der Waals surface area contributed by atoms with Crippen LogP contribution in [0.3, 0.4) is 0 Å². The van der Waals surface area contributed by atoms with Crippen LogP contribution < -0.4 is 9.30 Å². The molecule has 3 heterocycles. The zero-order chi connectivity index (χ0) is 36.1. The second kappa shape index (κ2) is 10.4. The second-order valence-electron chi connectivity index (χ2n) is 15.0. The number of rotatable bonds is 4. The summed E-state index contributed by atoms with van der Waals surface area (Å²) in [5.41, 5.74) is 6.89. The summed E-state index contributed by atoms with van der Waals surface area (Å²) >= 11 is 0. The van der Waals surface area contributed by atoms with Crippen molar-refractivity contribution in [2.75, 3.05) is 0 Å². The number of fused-ring (bicyclic) bond motifs is 5. The Bertz CT molecular complexity index is 2490. The Morgan fingerprint density at radius 2 is 1.46 bits per heavy atom. The van der Waals surface area contributed by atoms with Crippen LogP contribution in [0.4, 0.5) is 0 Å². The zero-order valence-electron chi connectivity index (χ0n) is 31.6. The molecule has 0 N–H and O–H groups in total. The van der Waals surface area contributed by atoms with Crippen molar-refractivity contribution in [2.24, 2.45) is 6.98 Å². The molecule has 0 radical (unpaired) electrons. The van der Waals surface area contributed by atoms with Crippen molar-refractivity contribution in [3.63, 3.8) is 0 Å². The summed E-state index contributed by atoms with van der Waals surface area (Å²) in [5.74, 6) is 2.17. The molecular formula is C43H42N4O. The zero-order valence-corrected chi connectivity index (χ0v) is 28.6. The summed E-state index contributed by atoms with van der Waals surface area (Å²) in [5, 5.41) is 2.26. The Balaban J connectivity index is 1.25. The van der Waals surface area contributed by atoms with E-state index in [-0.39, 0.29) is 5.41 Å². The third kappa shape index (κ3) is 4.51. The van der Waals surface area contributed by atoms with Gasteiger partial charge in [0.1, 0.15) is 17.3 Å². The van der Waals surface area contributed by atoms with Crippen LogP contribution in [0.2, 0.25) is 0 Å². The monoisotopic (exact) mass is 633 g/mol. The Kier molecular flexibility index (Phi) is 5.83. The SMILES string of the molecule is [2H]C([2H])([2H])[n+]1[c-]n(-c2cccc(Oc3ccc4c5ccccc5n(-c5cc(C(C)(C)C)ccn5)c4c3)c2)c2c1C(C)(C)c1ccccc1C2(C)C.